The van der Waals surface area contributed by atoms with Gasteiger partial charge in [-0.3, -0.25) is 14.4 Å². The zero-order chi connectivity index (χ0) is 39.3. The third-order valence-electron chi connectivity index (χ3n) is 11.1. The highest BCUT2D eigenvalue weighted by Gasteiger charge is 2.56. The van der Waals surface area contributed by atoms with Crippen LogP contribution in [0.25, 0.3) is 0 Å². The molecule has 6 rings (SSSR count). The molecule has 0 saturated heterocycles. The zero-order valence-corrected chi connectivity index (χ0v) is 32.9. The van der Waals surface area contributed by atoms with Crippen molar-refractivity contribution in [3.63, 3.8) is 0 Å². The fourth-order valence-corrected chi connectivity index (χ4v) is 8.22. The lowest BCUT2D eigenvalue weighted by atomic mass is 9.74. The van der Waals surface area contributed by atoms with Gasteiger partial charge < -0.3 is 29.9 Å². The highest BCUT2D eigenvalue weighted by molar-refractivity contribution is 6.09. The van der Waals surface area contributed by atoms with Crippen molar-refractivity contribution in [2.45, 2.75) is 78.7 Å². The molecular weight excluding hydrogens is 689 g/mol. The molecule has 9 heteroatoms. The highest BCUT2D eigenvalue weighted by Crippen LogP contribution is 2.58. The summed E-state index contributed by atoms with van der Waals surface area (Å²) in [6.07, 6.45) is 4.36. The summed E-state index contributed by atoms with van der Waals surface area (Å²) in [4.78, 5) is 46.6. The molecule has 0 unspecified atom stereocenters. The van der Waals surface area contributed by atoms with Gasteiger partial charge in [-0.25, -0.2) is 0 Å². The Labute approximate surface area is 325 Å². The number of rotatable bonds is 17. The molecule has 2 aliphatic heterocycles. The third kappa shape index (κ3) is 7.44. The van der Waals surface area contributed by atoms with Gasteiger partial charge in [0.1, 0.15) is 22.8 Å². The summed E-state index contributed by atoms with van der Waals surface area (Å²) >= 11 is 0. The molecule has 9 nitrogen and oxygen atoms in total. The monoisotopic (exact) mass is 742 g/mol. The second kappa shape index (κ2) is 16.8. The van der Waals surface area contributed by atoms with Crippen molar-refractivity contribution in [1.82, 2.24) is 4.90 Å². The topological polar surface area (TPSA) is 102 Å². The fourth-order valence-electron chi connectivity index (χ4n) is 8.22. The van der Waals surface area contributed by atoms with Gasteiger partial charge in [-0.05, 0) is 89.4 Å². The zero-order valence-electron chi connectivity index (χ0n) is 32.9. The Hall–Kier alpha value is -5.57. The molecule has 4 aromatic rings. The van der Waals surface area contributed by atoms with Crippen LogP contribution < -0.4 is 19.9 Å². The van der Waals surface area contributed by atoms with Crippen LogP contribution in [0.15, 0.2) is 91.0 Å². The summed E-state index contributed by atoms with van der Waals surface area (Å²) in [5, 5.41) is 12.8. The average Bonchev–Trinajstić information content (AvgIpc) is 3.43. The number of amides is 2. The molecule has 0 aromatic heterocycles. The van der Waals surface area contributed by atoms with E-state index in [4.69, 9.17) is 4.74 Å². The molecule has 1 spiro atoms. The normalized spacial score (nSPS) is 13.5. The Kier molecular flexibility index (Phi) is 12.0. The van der Waals surface area contributed by atoms with Crippen LogP contribution in [0, 0.1) is 0 Å². The predicted octanol–water partition coefficient (Wildman–Crippen LogP) is 9.68. The molecule has 55 heavy (non-hydrogen) atoms. The first-order chi connectivity index (χ1) is 26.6. The summed E-state index contributed by atoms with van der Waals surface area (Å²) in [6.45, 7) is 17.9. The van der Waals surface area contributed by atoms with E-state index in [2.05, 4.69) is 96.8 Å². The van der Waals surface area contributed by atoms with Crippen molar-refractivity contribution in [2.24, 2.45) is 0 Å². The molecule has 4 aromatic carbocycles. The van der Waals surface area contributed by atoms with E-state index in [1.54, 1.807) is 6.92 Å². The lowest BCUT2D eigenvalue weighted by Crippen LogP contribution is -2.47. The molecule has 288 valence electrons. The second-order valence-electron chi connectivity index (χ2n) is 14.4. The van der Waals surface area contributed by atoms with Crippen molar-refractivity contribution in [1.29, 1.82) is 0 Å². The summed E-state index contributed by atoms with van der Waals surface area (Å²) in [5.41, 5.74) is 5.92. The maximum absolute atomic E-state index is 14.5. The number of fused-ring (bicyclic) bond motifs is 6. The van der Waals surface area contributed by atoms with Gasteiger partial charge in [-0.2, -0.15) is 0 Å². The third-order valence-corrected chi connectivity index (χ3v) is 11.1. The number of anilines is 3. The van der Waals surface area contributed by atoms with Gasteiger partial charge in [0.2, 0.25) is 0 Å². The first kappa shape index (κ1) is 39.1. The Bertz CT molecular complexity index is 2020. The van der Waals surface area contributed by atoms with Crippen LogP contribution in [0.5, 0.6) is 17.2 Å². The average molecular weight is 743 g/mol. The number of phenols is 1. The molecule has 0 saturated carbocycles. The van der Waals surface area contributed by atoms with E-state index in [-0.39, 0.29) is 28.9 Å². The highest BCUT2D eigenvalue weighted by atomic mass is 16.5. The molecule has 0 radical (unpaired) electrons. The van der Waals surface area contributed by atoms with Gasteiger partial charge >= 0.3 is 0 Å². The molecule has 0 atom stereocenters. The molecule has 2 aliphatic rings. The number of aromatic hydroxyl groups is 1. The maximum atomic E-state index is 14.5. The number of carbonyl (C=O) groups excluding carboxylic acids is 3. The number of unbranched alkanes of at least 4 members (excludes halogenated alkanes) is 4. The van der Waals surface area contributed by atoms with Gasteiger partial charge in [-0.1, -0.05) is 56.2 Å². The van der Waals surface area contributed by atoms with E-state index in [9.17, 15) is 19.5 Å². The number of Topliss-reactive ketones (excluding diaryl/α,β-unsaturated/α-hetero) is 1. The van der Waals surface area contributed by atoms with Gasteiger partial charge in [0, 0.05) is 90.5 Å². The van der Waals surface area contributed by atoms with Crippen LogP contribution in [-0.2, 0) is 10.3 Å². The SMILES string of the molecule is C=C(C)C(=O)Nc1ccc(O)cc1C(=O)CCCCCCCN1C(=O)c2ccccc2C12c1ccc(N(CC)CC)cc1Oc1cc(N(CC)CC)ccc12. The minimum Gasteiger partial charge on any atom is -0.508 e. The quantitative estimate of drug-likeness (QED) is 0.0481. The van der Waals surface area contributed by atoms with Crippen LogP contribution in [0.2, 0.25) is 0 Å². The van der Waals surface area contributed by atoms with Crippen molar-refractivity contribution in [3.8, 4) is 17.2 Å². The first-order valence-corrected chi connectivity index (χ1v) is 19.8. The standard InChI is InChI=1S/C46H54N4O5/c1-7-48(8-2)32-21-24-38-42(28-32)55-43-29-33(49(9-3)10-4)22-25-39(43)46(38)37-19-16-15-18-35(37)45(54)50(46)27-17-13-11-12-14-20-41(52)36-30-34(51)23-26-40(36)47-44(53)31(5)6/h15-16,18-19,21-26,28-30,51H,5,7-14,17,20,27H2,1-4,6H3,(H,47,53). The van der Waals surface area contributed by atoms with Crippen LogP contribution in [-0.4, -0.2) is 60.3 Å². The Morgan fingerprint density at radius 1 is 0.764 bits per heavy atom. The summed E-state index contributed by atoms with van der Waals surface area (Å²) in [5.74, 6) is 1.00. The van der Waals surface area contributed by atoms with E-state index in [1.165, 1.54) is 18.2 Å². The van der Waals surface area contributed by atoms with Crippen LogP contribution >= 0.6 is 0 Å². The number of hydrogen-bond donors (Lipinski definition) is 2. The van der Waals surface area contributed by atoms with E-state index in [1.807, 2.05) is 18.2 Å². The van der Waals surface area contributed by atoms with Crippen molar-refractivity contribution < 1.29 is 24.2 Å². The second-order valence-corrected chi connectivity index (χ2v) is 14.4. The number of hydrogen-bond acceptors (Lipinski definition) is 7. The number of ether oxygens (including phenoxy) is 1. The van der Waals surface area contributed by atoms with Crippen LogP contribution in [0.4, 0.5) is 17.1 Å². The summed E-state index contributed by atoms with van der Waals surface area (Å²) in [6, 6.07) is 25.3. The minimum absolute atomic E-state index is 0.0151. The van der Waals surface area contributed by atoms with E-state index in [0.717, 1.165) is 91.4 Å². The summed E-state index contributed by atoms with van der Waals surface area (Å²) < 4.78 is 6.83. The minimum atomic E-state index is -0.856. The fraction of sp³-hybridized carbons (Fsp3) is 0.370. The number of nitrogens with one attached hydrogen (secondary N) is 1. The number of carbonyl (C=O) groups is 3. The largest absolute Gasteiger partial charge is 0.508 e. The Morgan fingerprint density at radius 3 is 1.95 bits per heavy atom. The van der Waals surface area contributed by atoms with Crippen LogP contribution in [0.3, 0.4) is 0 Å². The molecule has 0 bridgehead atoms. The first-order valence-electron chi connectivity index (χ1n) is 19.8. The van der Waals surface area contributed by atoms with Gasteiger partial charge in [0.25, 0.3) is 11.8 Å². The van der Waals surface area contributed by atoms with E-state index < -0.39 is 5.54 Å². The van der Waals surface area contributed by atoms with E-state index in [0.29, 0.717) is 36.2 Å². The Morgan fingerprint density at radius 2 is 1.35 bits per heavy atom. The molecule has 2 amide bonds. The Balaban J connectivity index is 1.24. The smallest absolute Gasteiger partial charge is 0.255 e. The summed E-state index contributed by atoms with van der Waals surface area (Å²) in [7, 11) is 0. The number of ketones is 1. The van der Waals surface area contributed by atoms with Gasteiger partial charge in [-0.15, -0.1) is 0 Å². The molecule has 0 aliphatic carbocycles. The number of benzene rings is 4. The molecule has 2 heterocycles. The van der Waals surface area contributed by atoms with Gasteiger partial charge in [0.05, 0.1) is 5.69 Å². The maximum Gasteiger partial charge on any atom is 0.255 e. The van der Waals surface area contributed by atoms with Crippen molar-refractivity contribution >= 4 is 34.7 Å². The van der Waals surface area contributed by atoms with Crippen molar-refractivity contribution in [2.75, 3.05) is 47.8 Å². The van der Waals surface area contributed by atoms with Gasteiger partial charge in [0.15, 0.2) is 5.78 Å². The van der Waals surface area contributed by atoms with Crippen molar-refractivity contribution in [3.05, 3.63) is 119 Å². The van der Waals surface area contributed by atoms with E-state index >= 15 is 0 Å². The number of phenolic OH excluding ortho intramolecular Hbond substituents is 1. The molecule has 0 fully saturated rings. The lowest BCUT2D eigenvalue weighted by Gasteiger charge is -2.45. The lowest BCUT2D eigenvalue weighted by molar-refractivity contribution is -0.112. The number of nitrogens with zero attached hydrogens (tertiary/aromatic N) is 3. The molecular formula is C46H54N4O5. The predicted molar refractivity (Wildman–Crippen MR) is 221 cm³/mol. The van der Waals surface area contributed by atoms with Crippen LogP contribution in [0.1, 0.15) is 111 Å². The molecule has 2 N–H and O–H groups in total.